The van der Waals surface area contributed by atoms with Crippen molar-refractivity contribution in [1.82, 2.24) is 4.98 Å². The normalized spacial score (nSPS) is 12.6. The van der Waals surface area contributed by atoms with Gasteiger partial charge in [-0.1, -0.05) is 20.8 Å². The van der Waals surface area contributed by atoms with Gasteiger partial charge in [-0.15, -0.1) is 0 Å². The van der Waals surface area contributed by atoms with E-state index in [1.165, 1.54) is 0 Å². The molecule has 0 bridgehead atoms. The van der Waals surface area contributed by atoms with Gasteiger partial charge in [-0.2, -0.15) is 0 Å². The van der Waals surface area contributed by atoms with E-state index in [4.69, 9.17) is 4.98 Å². The highest BCUT2D eigenvalue weighted by atomic mass is 16.3. The third-order valence-corrected chi connectivity index (χ3v) is 3.11. The minimum atomic E-state index is -0.783. The highest BCUT2D eigenvalue weighted by molar-refractivity contribution is 5.44. The van der Waals surface area contributed by atoms with Crippen LogP contribution in [0.25, 0.3) is 0 Å². The molecule has 2 N–H and O–H groups in total. The van der Waals surface area contributed by atoms with Crippen molar-refractivity contribution < 1.29 is 10.2 Å². The molecule has 0 aliphatic carbocycles. The van der Waals surface area contributed by atoms with Crippen molar-refractivity contribution in [2.24, 2.45) is 0 Å². The number of pyridine rings is 1. The summed E-state index contributed by atoms with van der Waals surface area (Å²) in [4.78, 5) is 6.75. The Kier molecular flexibility index (Phi) is 5.16. The van der Waals surface area contributed by atoms with Gasteiger partial charge in [0.2, 0.25) is 0 Å². The maximum Gasteiger partial charge on any atom is 0.129 e. The molecular weight excluding hydrogens is 252 g/mol. The van der Waals surface area contributed by atoms with E-state index in [2.05, 4.69) is 20.8 Å². The number of anilines is 1. The van der Waals surface area contributed by atoms with Crippen LogP contribution in [0.15, 0.2) is 12.1 Å². The maximum absolute atomic E-state index is 10.0. The lowest BCUT2D eigenvalue weighted by molar-refractivity contribution is 0.0874. The number of hydrogen-bond donors (Lipinski definition) is 2. The summed E-state index contributed by atoms with van der Waals surface area (Å²) < 4.78 is 0. The van der Waals surface area contributed by atoms with Crippen LogP contribution < -0.4 is 4.90 Å². The molecule has 0 saturated heterocycles. The average molecular weight is 280 g/mol. The van der Waals surface area contributed by atoms with Gasteiger partial charge < -0.3 is 15.1 Å². The molecule has 0 radical (unpaired) electrons. The largest absolute Gasteiger partial charge is 0.392 e. The first kappa shape index (κ1) is 16.9. The van der Waals surface area contributed by atoms with Crippen molar-refractivity contribution in [2.75, 3.05) is 18.0 Å². The second kappa shape index (κ2) is 6.10. The molecule has 0 aromatic carbocycles. The van der Waals surface area contributed by atoms with Crippen LogP contribution >= 0.6 is 0 Å². The number of hydrogen-bond acceptors (Lipinski definition) is 4. The van der Waals surface area contributed by atoms with E-state index in [1.54, 1.807) is 13.8 Å². The van der Waals surface area contributed by atoms with Gasteiger partial charge in [0.1, 0.15) is 5.82 Å². The molecule has 0 spiro atoms. The highest BCUT2D eigenvalue weighted by Crippen LogP contribution is 2.25. The van der Waals surface area contributed by atoms with Gasteiger partial charge in [-0.25, -0.2) is 4.98 Å². The van der Waals surface area contributed by atoms with E-state index in [1.807, 2.05) is 24.0 Å². The predicted molar refractivity (Wildman–Crippen MR) is 83.0 cm³/mol. The summed E-state index contributed by atoms with van der Waals surface area (Å²) >= 11 is 0. The third kappa shape index (κ3) is 4.76. The Balaban J connectivity index is 3.21. The topological polar surface area (TPSA) is 56.6 Å². The highest BCUT2D eigenvalue weighted by Gasteiger charge is 2.22. The van der Waals surface area contributed by atoms with Crippen LogP contribution in [0.5, 0.6) is 0 Å². The summed E-state index contributed by atoms with van der Waals surface area (Å²) in [5.74, 6) is 0.811. The lowest BCUT2D eigenvalue weighted by Crippen LogP contribution is -2.39. The molecule has 1 aromatic rings. The molecular formula is C16H28N2O2. The van der Waals surface area contributed by atoms with Crippen LogP contribution in [0.4, 0.5) is 5.82 Å². The van der Waals surface area contributed by atoms with E-state index >= 15 is 0 Å². The van der Waals surface area contributed by atoms with Gasteiger partial charge >= 0.3 is 0 Å². The lowest BCUT2D eigenvalue weighted by Gasteiger charge is -2.30. The number of rotatable bonds is 5. The van der Waals surface area contributed by atoms with Crippen molar-refractivity contribution in [3.05, 3.63) is 23.4 Å². The SMILES string of the molecule is CCN(CC(C)(C)O)c1cc(CO)cc(C(C)(C)C)n1. The zero-order valence-electron chi connectivity index (χ0n) is 13.6. The standard InChI is InChI=1S/C16H28N2O2/c1-7-18(11-16(5,6)20)14-9-12(10-19)8-13(17-14)15(2,3)4/h8-9,19-20H,7,10-11H2,1-6H3. The van der Waals surface area contributed by atoms with Gasteiger partial charge in [0, 0.05) is 24.2 Å². The van der Waals surface area contributed by atoms with Crippen molar-refractivity contribution in [1.29, 1.82) is 0 Å². The van der Waals surface area contributed by atoms with Gasteiger partial charge in [0.05, 0.1) is 12.2 Å². The number of likely N-dealkylation sites (N-methyl/N-ethyl adjacent to an activating group) is 1. The minimum Gasteiger partial charge on any atom is -0.392 e. The summed E-state index contributed by atoms with van der Waals surface area (Å²) in [5.41, 5.74) is 0.949. The quantitative estimate of drug-likeness (QED) is 0.870. The molecule has 0 saturated carbocycles. The van der Waals surface area contributed by atoms with Gasteiger partial charge in [0.15, 0.2) is 0 Å². The second-order valence-corrected chi connectivity index (χ2v) is 6.95. The van der Waals surface area contributed by atoms with Crippen LogP contribution in [0, 0.1) is 0 Å². The average Bonchev–Trinajstić information content (AvgIpc) is 2.33. The zero-order valence-corrected chi connectivity index (χ0v) is 13.6. The first-order valence-electron chi connectivity index (χ1n) is 7.16. The Morgan fingerprint density at radius 3 is 2.15 bits per heavy atom. The Hall–Kier alpha value is -1.13. The van der Waals surface area contributed by atoms with Crippen LogP contribution in [0.1, 0.15) is 52.8 Å². The van der Waals surface area contributed by atoms with Crippen molar-refractivity contribution in [2.45, 2.75) is 59.2 Å². The number of aliphatic hydroxyl groups excluding tert-OH is 1. The molecule has 20 heavy (non-hydrogen) atoms. The molecule has 0 unspecified atom stereocenters. The molecule has 1 rings (SSSR count). The first-order chi connectivity index (χ1) is 9.06. The van der Waals surface area contributed by atoms with E-state index in [0.717, 1.165) is 23.6 Å². The number of aromatic nitrogens is 1. The van der Waals surface area contributed by atoms with Crippen molar-refractivity contribution in [3.63, 3.8) is 0 Å². The number of aliphatic hydroxyl groups is 2. The van der Waals surface area contributed by atoms with Crippen LogP contribution in [-0.2, 0) is 12.0 Å². The van der Waals surface area contributed by atoms with E-state index < -0.39 is 5.60 Å². The minimum absolute atomic E-state index is 0.00132. The van der Waals surface area contributed by atoms with Crippen LogP contribution in [-0.4, -0.2) is 33.9 Å². The fraction of sp³-hybridized carbons (Fsp3) is 0.688. The fourth-order valence-corrected chi connectivity index (χ4v) is 2.03. The molecule has 0 aliphatic rings. The summed E-state index contributed by atoms with van der Waals surface area (Å²) in [6, 6.07) is 3.84. The first-order valence-corrected chi connectivity index (χ1v) is 7.16. The maximum atomic E-state index is 10.0. The second-order valence-electron chi connectivity index (χ2n) is 6.95. The van der Waals surface area contributed by atoms with Gasteiger partial charge in [-0.05, 0) is 38.5 Å². The zero-order chi connectivity index (χ0) is 15.6. The monoisotopic (exact) mass is 280 g/mol. The Labute approximate surface area is 122 Å². The smallest absolute Gasteiger partial charge is 0.129 e. The summed E-state index contributed by atoms with van der Waals surface area (Å²) in [6.45, 7) is 13.2. The van der Waals surface area contributed by atoms with Gasteiger partial charge in [-0.3, -0.25) is 0 Å². The summed E-state index contributed by atoms with van der Waals surface area (Å²) in [6.07, 6.45) is 0. The van der Waals surface area contributed by atoms with Crippen molar-refractivity contribution in [3.8, 4) is 0 Å². The Morgan fingerprint density at radius 1 is 1.15 bits per heavy atom. The van der Waals surface area contributed by atoms with E-state index in [-0.39, 0.29) is 12.0 Å². The lowest BCUT2D eigenvalue weighted by atomic mass is 9.90. The van der Waals surface area contributed by atoms with Crippen molar-refractivity contribution >= 4 is 5.82 Å². The molecule has 1 heterocycles. The molecule has 0 aliphatic heterocycles. The third-order valence-electron chi connectivity index (χ3n) is 3.11. The Bertz CT molecular complexity index is 445. The molecule has 4 heteroatoms. The molecule has 0 atom stereocenters. The molecule has 4 nitrogen and oxygen atoms in total. The molecule has 1 aromatic heterocycles. The fourth-order valence-electron chi connectivity index (χ4n) is 2.03. The Morgan fingerprint density at radius 2 is 1.75 bits per heavy atom. The summed E-state index contributed by atoms with van der Waals surface area (Å²) in [7, 11) is 0. The summed E-state index contributed by atoms with van der Waals surface area (Å²) in [5, 5.41) is 19.5. The molecule has 114 valence electrons. The number of nitrogens with zero attached hydrogens (tertiary/aromatic N) is 2. The van der Waals surface area contributed by atoms with Crippen LogP contribution in [0.3, 0.4) is 0 Å². The van der Waals surface area contributed by atoms with E-state index in [9.17, 15) is 10.2 Å². The van der Waals surface area contributed by atoms with Crippen LogP contribution in [0.2, 0.25) is 0 Å². The van der Waals surface area contributed by atoms with E-state index in [0.29, 0.717) is 6.54 Å². The van der Waals surface area contributed by atoms with Gasteiger partial charge in [0.25, 0.3) is 0 Å². The molecule has 0 amide bonds. The molecule has 0 fully saturated rings. The predicted octanol–water partition coefficient (Wildman–Crippen LogP) is 2.47.